The predicted octanol–water partition coefficient (Wildman–Crippen LogP) is 5.45. The molecule has 1 amide bonds. The van der Waals surface area contributed by atoms with Crippen LogP contribution in [0.1, 0.15) is 49.4 Å². The van der Waals surface area contributed by atoms with E-state index in [1.807, 2.05) is 62.4 Å². The van der Waals surface area contributed by atoms with Crippen LogP contribution in [0.2, 0.25) is 0 Å². The van der Waals surface area contributed by atoms with Crippen molar-refractivity contribution in [2.45, 2.75) is 39.2 Å². The van der Waals surface area contributed by atoms with Crippen molar-refractivity contribution in [1.82, 2.24) is 0 Å². The number of benzene rings is 3. The first kappa shape index (κ1) is 25.1. The molecule has 4 rings (SSSR count). The first-order valence-corrected chi connectivity index (χ1v) is 11.9. The number of hydrogen-bond acceptors (Lipinski definition) is 5. The number of ether oxygens (including phenoxy) is 1. The van der Waals surface area contributed by atoms with E-state index in [0.717, 1.165) is 22.4 Å². The fourth-order valence-corrected chi connectivity index (χ4v) is 4.12. The molecule has 36 heavy (non-hydrogen) atoms. The van der Waals surface area contributed by atoms with E-state index >= 15 is 0 Å². The number of halogens is 1. The van der Waals surface area contributed by atoms with Crippen LogP contribution in [0.15, 0.2) is 66.7 Å². The van der Waals surface area contributed by atoms with Crippen molar-refractivity contribution in [3.05, 3.63) is 94.8 Å². The summed E-state index contributed by atoms with van der Waals surface area (Å²) in [5.41, 5.74) is 11.3. The highest BCUT2D eigenvalue weighted by Gasteiger charge is 2.29. The van der Waals surface area contributed by atoms with Gasteiger partial charge in [-0.1, -0.05) is 36.4 Å². The molecule has 0 unspecified atom stereocenters. The van der Waals surface area contributed by atoms with E-state index in [9.17, 15) is 14.0 Å². The van der Waals surface area contributed by atoms with Crippen LogP contribution in [-0.2, 0) is 26.3 Å². The summed E-state index contributed by atoms with van der Waals surface area (Å²) in [5.74, 6) is -0.971. The molecular formula is C29H30FN3O3. The van der Waals surface area contributed by atoms with Crippen molar-refractivity contribution in [2.75, 3.05) is 17.2 Å². The summed E-state index contributed by atoms with van der Waals surface area (Å²) in [7, 11) is 0. The van der Waals surface area contributed by atoms with Crippen LogP contribution in [0.3, 0.4) is 0 Å². The van der Waals surface area contributed by atoms with Crippen LogP contribution in [0.25, 0.3) is 11.3 Å². The van der Waals surface area contributed by atoms with Crippen molar-refractivity contribution < 1.29 is 18.7 Å². The quantitative estimate of drug-likeness (QED) is 0.290. The van der Waals surface area contributed by atoms with Gasteiger partial charge in [-0.15, -0.1) is 0 Å². The predicted molar refractivity (Wildman–Crippen MR) is 141 cm³/mol. The number of nitrogens with one attached hydrogen (secondary N) is 2. The van der Waals surface area contributed by atoms with E-state index in [0.29, 0.717) is 42.0 Å². The topological polar surface area (TPSA) is 93.4 Å². The first-order chi connectivity index (χ1) is 17.2. The molecular weight excluding hydrogens is 457 g/mol. The average molecular weight is 488 g/mol. The van der Waals surface area contributed by atoms with Crippen molar-refractivity contribution in [2.24, 2.45) is 5.73 Å². The minimum atomic E-state index is -0.479. The summed E-state index contributed by atoms with van der Waals surface area (Å²) in [6.07, 6.45) is 0.849. The van der Waals surface area contributed by atoms with Crippen molar-refractivity contribution in [1.29, 1.82) is 0 Å². The standard InChI is InChI=1S/C29H30FN3O3/c1-4-36-25(34)16-7-18-5-8-19(9-6-18)27(32-22-13-10-20(11-14-22)29(2,3)31)26-23-15-12-21(30)17-24(23)33-28(26)35/h5-6,8-15,17,32H,4,7,16,31H2,1-3H3,(H,33,35)/b27-26-. The van der Waals surface area contributed by atoms with Crippen LogP contribution in [0.4, 0.5) is 15.8 Å². The van der Waals surface area contributed by atoms with Gasteiger partial charge in [0.1, 0.15) is 5.82 Å². The number of fused-ring (bicyclic) bond motifs is 1. The highest BCUT2D eigenvalue weighted by atomic mass is 19.1. The second-order valence-corrected chi connectivity index (χ2v) is 9.32. The molecule has 1 heterocycles. The Morgan fingerprint density at radius 3 is 2.39 bits per heavy atom. The monoisotopic (exact) mass is 487 g/mol. The molecule has 0 saturated heterocycles. The van der Waals surface area contributed by atoms with Gasteiger partial charge in [-0.3, -0.25) is 9.59 Å². The van der Waals surface area contributed by atoms with Gasteiger partial charge < -0.3 is 21.1 Å². The van der Waals surface area contributed by atoms with Crippen molar-refractivity contribution in [3.63, 3.8) is 0 Å². The van der Waals surface area contributed by atoms with E-state index in [1.54, 1.807) is 13.0 Å². The summed E-state index contributed by atoms with van der Waals surface area (Å²) in [4.78, 5) is 24.8. The van der Waals surface area contributed by atoms with Gasteiger partial charge in [0.2, 0.25) is 0 Å². The average Bonchev–Trinajstić information content (AvgIpc) is 3.16. The molecule has 4 N–H and O–H groups in total. The minimum absolute atomic E-state index is 0.235. The smallest absolute Gasteiger partial charge is 0.306 e. The number of carbonyl (C=O) groups is 2. The summed E-state index contributed by atoms with van der Waals surface area (Å²) >= 11 is 0. The number of hydrogen-bond donors (Lipinski definition) is 3. The van der Waals surface area contributed by atoms with Crippen molar-refractivity contribution >= 4 is 34.5 Å². The van der Waals surface area contributed by atoms with E-state index in [1.165, 1.54) is 12.1 Å². The lowest BCUT2D eigenvalue weighted by Gasteiger charge is -2.20. The maximum Gasteiger partial charge on any atom is 0.306 e. The molecule has 0 bridgehead atoms. The summed E-state index contributed by atoms with van der Waals surface area (Å²) in [6.45, 7) is 6.01. The lowest BCUT2D eigenvalue weighted by molar-refractivity contribution is -0.143. The third-order valence-corrected chi connectivity index (χ3v) is 6.04. The van der Waals surface area contributed by atoms with Crippen LogP contribution < -0.4 is 16.4 Å². The Morgan fingerprint density at radius 1 is 1.06 bits per heavy atom. The Labute approximate surface area is 210 Å². The molecule has 0 atom stereocenters. The highest BCUT2D eigenvalue weighted by molar-refractivity contribution is 6.37. The number of rotatable bonds is 8. The number of amides is 1. The maximum atomic E-state index is 13.8. The second-order valence-electron chi connectivity index (χ2n) is 9.32. The third kappa shape index (κ3) is 5.63. The van der Waals surface area contributed by atoms with Gasteiger partial charge in [0.05, 0.1) is 23.6 Å². The molecule has 1 aliphatic heterocycles. The molecule has 3 aromatic carbocycles. The zero-order chi connectivity index (χ0) is 25.9. The van der Waals surface area contributed by atoms with Crippen LogP contribution in [-0.4, -0.2) is 18.5 Å². The molecule has 0 radical (unpaired) electrons. The molecule has 186 valence electrons. The van der Waals surface area contributed by atoms with Crippen LogP contribution in [0, 0.1) is 5.82 Å². The first-order valence-electron chi connectivity index (χ1n) is 11.9. The lowest BCUT2D eigenvalue weighted by atomic mass is 9.95. The Morgan fingerprint density at radius 2 is 1.75 bits per heavy atom. The molecule has 0 aliphatic carbocycles. The Bertz CT molecular complexity index is 1310. The summed E-state index contributed by atoms with van der Waals surface area (Å²) in [6, 6.07) is 19.6. The van der Waals surface area contributed by atoms with Gasteiger partial charge in [0, 0.05) is 23.2 Å². The molecule has 0 spiro atoms. The SMILES string of the molecule is CCOC(=O)CCc1ccc(/C(Nc2ccc(C(C)(C)N)cc2)=C2/C(=O)Nc3cc(F)ccc32)cc1. The fourth-order valence-electron chi connectivity index (χ4n) is 4.12. The van der Waals surface area contributed by atoms with Gasteiger partial charge >= 0.3 is 5.97 Å². The molecule has 0 saturated carbocycles. The van der Waals surface area contributed by atoms with Gasteiger partial charge in [0.15, 0.2) is 0 Å². The second kappa shape index (κ2) is 10.3. The maximum absolute atomic E-state index is 13.8. The van der Waals surface area contributed by atoms with Crippen LogP contribution >= 0.6 is 0 Å². The normalized spacial score (nSPS) is 14.2. The van der Waals surface area contributed by atoms with Crippen LogP contribution in [0.5, 0.6) is 0 Å². The minimum Gasteiger partial charge on any atom is -0.466 e. The number of esters is 1. The Hall–Kier alpha value is -3.97. The number of carbonyl (C=O) groups excluding carboxylic acids is 2. The van der Waals surface area contributed by atoms with E-state index in [2.05, 4.69) is 10.6 Å². The Balaban J connectivity index is 1.71. The number of anilines is 2. The molecule has 1 aliphatic rings. The number of aryl methyl sites for hydroxylation is 1. The molecule has 0 fully saturated rings. The summed E-state index contributed by atoms with van der Waals surface area (Å²) in [5, 5.41) is 6.16. The zero-order valence-electron chi connectivity index (χ0n) is 20.7. The van der Waals surface area contributed by atoms with Gasteiger partial charge in [0.25, 0.3) is 5.91 Å². The highest BCUT2D eigenvalue weighted by Crippen LogP contribution is 2.38. The molecule has 7 heteroatoms. The third-order valence-electron chi connectivity index (χ3n) is 6.04. The Kier molecular flexibility index (Phi) is 7.22. The van der Waals surface area contributed by atoms with Gasteiger partial charge in [-0.2, -0.15) is 0 Å². The van der Waals surface area contributed by atoms with E-state index < -0.39 is 11.4 Å². The molecule has 3 aromatic rings. The zero-order valence-corrected chi connectivity index (χ0v) is 20.7. The number of nitrogens with two attached hydrogens (primary N) is 1. The van der Waals surface area contributed by atoms with Crippen molar-refractivity contribution in [3.8, 4) is 0 Å². The van der Waals surface area contributed by atoms with E-state index in [4.69, 9.17) is 10.5 Å². The fraction of sp³-hybridized carbons (Fsp3) is 0.241. The van der Waals surface area contributed by atoms with Gasteiger partial charge in [-0.05, 0) is 74.2 Å². The van der Waals surface area contributed by atoms with E-state index in [-0.39, 0.29) is 11.9 Å². The van der Waals surface area contributed by atoms with Gasteiger partial charge in [-0.25, -0.2) is 4.39 Å². The largest absolute Gasteiger partial charge is 0.466 e. The summed E-state index contributed by atoms with van der Waals surface area (Å²) < 4.78 is 18.8. The molecule has 0 aromatic heterocycles. The lowest BCUT2D eigenvalue weighted by Crippen LogP contribution is -2.28. The molecule has 6 nitrogen and oxygen atoms in total.